The second kappa shape index (κ2) is 16.0. The molecule has 0 radical (unpaired) electrons. The fourth-order valence-corrected chi connectivity index (χ4v) is 3.63. The average molecular weight is 573 g/mol. The Morgan fingerprint density at radius 3 is 2.66 bits per heavy atom. The molecule has 3 rings (SSSR count). The van der Waals surface area contributed by atoms with E-state index in [0.29, 0.717) is 45.5 Å². The van der Waals surface area contributed by atoms with Gasteiger partial charge in [0.25, 0.3) is 0 Å². The molecule has 2 aromatic carbocycles. The highest BCUT2D eigenvalue weighted by atomic mass is 127. The van der Waals surface area contributed by atoms with Gasteiger partial charge in [-0.2, -0.15) is 0 Å². The summed E-state index contributed by atoms with van der Waals surface area (Å²) < 4.78 is 22.0. The smallest absolute Gasteiger partial charge is 0.195 e. The number of fused-ring (bicyclic) bond motifs is 1. The molecule has 0 atom stereocenters. The molecule has 0 fully saturated rings. The minimum atomic E-state index is 0. The molecular formula is C23H32IN3O4S. The number of ether oxygens (including phenoxy) is 4. The normalized spacial score (nSPS) is 13.1. The highest BCUT2D eigenvalue weighted by Gasteiger charge is 2.11. The van der Waals surface area contributed by atoms with Crippen LogP contribution in [0.1, 0.15) is 6.42 Å². The molecule has 0 unspecified atom stereocenters. The maximum atomic E-state index is 5.79. The van der Waals surface area contributed by atoms with Crippen LogP contribution in [0.2, 0.25) is 0 Å². The number of anilines is 1. The van der Waals surface area contributed by atoms with Crippen LogP contribution in [0, 0.1) is 0 Å². The van der Waals surface area contributed by atoms with Gasteiger partial charge in [-0.25, -0.2) is 0 Å². The number of thioether (sulfide) groups is 1. The molecule has 0 aliphatic carbocycles. The molecule has 0 spiro atoms. The van der Waals surface area contributed by atoms with Crippen molar-refractivity contribution in [3.63, 3.8) is 0 Å². The van der Waals surface area contributed by atoms with Crippen LogP contribution in [0.15, 0.2) is 58.4 Å². The predicted molar refractivity (Wildman–Crippen MR) is 141 cm³/mol. The molecule has 0 saturated heterocycles. The molecule has 0 bridgehead atoms. The fourth-order valence-electron chi connectivity index (χ4n) is 2.84. The summed E-state index contributed by atoms with van der Waals surface area (Å²) in [4.78, 5) is 5.89. The van der Waals surface area contributed by atoms with Crippen molar-refractivity contribution in [3.05, 3.63) is 48.5 Å². The van der Waals surface area contributed by atoms with Gasteiger partial charge >= 0.3 is 0 Å². The molecule has 0 saturated carbocycles. The van der Waals surface area contributed by atoms with E-state index in [1.165, 1.54) is 4.90 Å². The third-order valence-corrected chi connectivity index (χ3v) is 5.37. The number of guanidine groups is 1. The van der Waals surface area contributed by atoms with Crippen molar-refractivity contribution in [2.45, 2.75) is 11.3 Å². The van der Waals surface area contributed by atoms with Crippen molar-refractivity contribution in [2.24, 2.45) is 4.99 Å². The van der Waals surface area contributed by atoms with Crippen LogP contribution >= 0.6 is 35.7 Å². The van der Waals surface area contributed by atoms with Gasteiger partial charge in [-0.3, -0.25) is 4.99 Å². The van der Waals surface area contributed by atoms with E-state index >= 15 is 0 Å². The van der Waals surface area contributed by atoms with Gasteiger partial charge in [0.2, 0.25) is 0 Å². The molecule has 2 N–H and O–H groups in total. The Bertz CT molecular complexity index is 811. The standard InChI is InChI=1S/C23H31N3O4S.HI/c1-27-15-16-28-14-10-24-23(25-11-17-31-20-6-3-2-4-7-20)26-19-8-9-21-22(18-19)30-13-5-12-29-21;/h2-4,6-9,18H,5,10-17H2,1H3,(H2,24,25,26);1H. The number of hydrogen-bond donors (Lipinski definition) is 2. The fraction of sp³-hybridized carbons (Fsp3) is 0.435. The second-order valence-corrected chi connectivity index (χ2v) is 7.93. The number of halogens is 1. The van der Waals surface area contributed by atoms with Gasteiger partial charge in [-0.05, 0) is 24.3 Å². The number of nitrogens with one attached hydrogen (secondary N) is 2. The van der Waals surface area contributed by atoms with Crippen molar-refractivity contribution in [3.8, 4) is 11.5 Å². The van der Waals surface area contributed by atoms with Gasteiger partial charge in [-0.15, -0.1) is 35.7 Å². The summed E-state index contributed by atoms with van der Waals surface area (Å²) in [5.41, 5.74) is 0.895. The molecule has 2 aromatic rings. The van der Waals surface area contributed by atoms with Gasteiger partial charge in [0.15, 0.2) is 17.5 Å². The van der Waals surface area contributed by atoms with Gasteiger partial charge < -0.3 is 29.6 Å². The van der Waals surface area contributed by atoms with Gasteiger partial charge in [0.05, 0.1) is 39.6 Å². The maximum Gasteiger partial charge on any atom is 0.195 e. The van der Waals surface area contributed by atoms with Crippen LogP contribution in [0.4, 0.5) is 5.69 Å². The molecule has 1 aliphatic heterocycles. The summed E-state index contributed by atoms with van der Waals surface area (Å²) in [6, 6.07) is 16.2. The number of benzene rings is 2. The first-order valence-corrected chi connectivity index (χ1v) is 11.5. The third kappa shape index (κ3) is 9.85. The van der Waals surface area contributed by atoms with Crippen LogP contribution in [0.3, 0.4) is 0 Å². The Balaban J connectivity index is 0.00000363. The maximum absolute atomic E-state index is 5.79. The van der Waals surface area contributed by atoms with E-state index in [2.05, 4.69) is 39.9 Å². The topological polar surface area (TPSA) is 73.3 Å². The SMILES string of the molecule is COCCOCCN=C(NCCSc1ccccc1)Nc1ccc2c(c1)OCCCO2.I. The van der Waals surface area contributed by atoms with Crippen LogP contribution < -0.4 is 20.1 Å². The molecule has 32 heavy (non-hydrogen) atoms. The van der Waals surface area contributed by atoms with Gasteiger partial charge in [0.1, 0.15) is 0 Å². The van der Waals surface area contributed by atoms with Crippen LogP contribution in [-0.2, 0) is 9.47 Å². The predicted octanol–water partition coefficient (Wildman–Crippen LogP) is 4.28. The van der Waals surface area contributed by atoms with Gasteiger partial charge in [-0.1, -0.05) is 18.2 Å². The quantitative estimate of drug-likeness (QED) is 0.137. The first kappa shape index (κ1) is 26.6. The van der Waals surface area contributed by atoms with E-state index < -0.39 is 0 Å². The minimum absolute atomic E-state index is 0. The molecule has 9 heteroatoms. The molecule has 0 amide bonds. The number of aliphatic imine (C=N–C) groups is 1. The summed E-state index contributed by atoms with van der Waals surface area (Å²) in [6.45, 7) is 4.35. The highest BCUT2D eigenvalue weighted by Crippen LogP contribution is 2.32. The van der Waals surface area contributed by atoms with Crippen molar-refractivity contribution in [2.75, 3.05) is 64.3 Å². The Labute approximate surface area is 211 Å². The Kier molecular flexibility index (Phi) is 13.3. The molecule has 176 valence electrons. The number of hydrogen-bond acceptors (Lipinski definition) is 6. The zero-order chi connectivity index (χ0) is 21.6. The van der Waals surface area contributed by atoms with E-state index in [-0.39, 0.29) is 24.0 Å². The van der Waals surface area contributed by atoms with Gasteiger partial charge in [0, 0.05) is 42.5 Å². The molecule has 0 aromatic heterocycles. The number of methoxy groups -OCH3 is 1. The summed E-state index contributed by atoms with van der Waals surface area (Å²) in [7, 11) is 1.66. The lowest BCUT2D eigenvalue weighted by Gasteiger charge is -2.14. The Morgan fingerprint density at radius 2 is 1.84 bits per heavy atom. The minimum Gasteiger partial charge on any atom is -0.490 e. The molecule has 7 nitrogen and oxygen atoms in total. The molecule has 1 heterocycles. The van der Waals surface area contributed by atoms with Crippen molar-refractivity contribution in [1.82, 2.24) is 5.32 Å². The summed E-state index contributed by atoms with van der Waals surface area (Å²) in [5.74, 6) is 3.17. The first-order valence-electron chi connectivity index (χ1n) is 10.5. The van der Waals surface area contributed by atoms with Crippen molar-refractivity contribution in [1.29, 1.82) is 0 Å². The lowest BCUT2D eigenvalue weighted by atomic mass is 10.3. The summed E-state index contributed by atoms with van der Waals surface area (Å²) in [5, 5.41) is 6.76. The zero-order valence-corrected chi connectivity index (χ0v) is 21.5. The Hall–Kier alpha value is -1.69. The van der Waals surface area contributed by atoms with Crippen molar-refractivity contribution >= 4 is 47.4 Å². The van der Waals surface area contributed by atoms with E-state index in [9.17, 15) is 0 Å². The molecular weight excluding hydrogens is 541 g/mol. The monoisotopic (exact) mass is 573 g/mol. The first-order chi connectivity index (χ1) is 15.3. The summed E-state index contributed by atoms with van der Waals surface area (Å²) >= 11 is 1.81. The lowest BCUT2D eigenvalue weighted by molar-refractivity contribution is 0.0748. The van der Waals surface area contributed by atoms with Crippen LogP contribution in [0.25, 0.3) is 0 Å². The molecule has 1 aliphatic rings. The van der Waals surface area contributed by atoms with Crippen LogP contribution in [0.5, 0.6) is 11.5 Å². The Morgan fingerprint density at radius 1 is 1.03 bits per heavy atom. The van der Waals surface area contributed by atoms with E-state index in [1.54, 1.807) is 18.9 Å². The van der Waals surface area contributed by atoms with Crippen molar-refractivity contribution < 1.29 is 18.9 Å². The van der Waals surface area contributed by atoms with Crippen LogP contribution in [-0.4, -0.2) is 64.9 Å². The lowest BCUT2D eigenvalue weighted by Crippen LogP contribution is -2.33. The third-order valence-electron chi connectivity index (χ3n) is 4.35. The van der Waals surface area contributed by atoms with E-state index in [0.717, 1.165) is 35.9 Å². The second-order valence-electron chi connectivity index (χ2n) is 6.76. The zero-order valence-electron chi connectivity index (χ0n) is 18.4. The summed E-state index contributed by atoms with van der Waals surface area (Å²) in [6.07, 6.45) is 0.883. The number of rotatable bonds is 11. The van der Waals surface area contributed by atoms with E-state index in [4.69, 9.17) is 18.9 Å². The van der Waals surface area contributed by atoms with E-state index in [1.807, 2.05) is 24.3 Å². The largest absolute Gasteiger partial charge is 0.490 e. The number of nitrogens with zero attached hydrogens (tertiary/aromatic N) is 1. The highest BCUT2D eigenvalue weighted by molar-refractivity contribution is 14.0. The average Bonchev–Trinajstić information content (AvgIpc) is 3.04.